The van der Waals surface area contributed by atoms with Crippen LogP contribution >= 0.6 is 0 Å². The first-order valence-electron chi connectivity index (χ1n) is 8.87. The molecule has 5 nitrogen and oxygen atoms in total. The number of hydrogen-bond acceptors (Lipinski definition) is 3. The molecule has 1 amide bonds. The van der Waals surface area contributed by atoms with Crippen molar-refractivity contribution in [2.45, 2.75) is 17.5 Å². The van der Waals surface area contributed by atoms with E-state index in [2.05, 4.69) is 0 Å². The summed E-state index contributed by atoms with van der Waals surface area (Å²) in [6.07, 6.45) is -5.01. The normalized spacial score (nSPS) is 16.0. The molecule has 2 aromatic rings. The summed E-state index contributed by atoms with van der Waals surface area (Å²) in [6.45, 7) is -0.133. The van der Waals surface area contributed by atoms with Crippen LogP contribution in [-0.4, -0.2) is 49.7 Å². The van der Waals surface area contributed by atoms with Crippen molar-refractivity contribution < 1.29 is 35.2 Å². The van der Waals surface area contributed by atoms with E-state index >= 15 is 0 Å². The number of halogens is 5. The lowest BCUT2D eigenvalue weighted by atomic mass is 10.1. The van der Waals surface area contributed by atoms with Crippen LogP contribution in [-0.2, 0) is 27.4 Å². The number of benzene rings is 2. The van der Waals surface area contributed by atoms with Crippen LogP contribution in [0.3, 0.4) is 0 Å². The fourth-order valence-corrected chi connectivity index (χ4v) is 4.55. The Morgan fingerprint density at radius 3 is 2.10 bits per heavy atom. The summed E-state index contributed by atoms with van der Waals surface area (Å²) < 4.78 is 91.4. The Kier molecular flexibility index (Phi) is 6.14. The summed E-state index contributed by atoms with van der Waals surface area (Å²) in [5.74, 6) is -2.27. The molecule has 30 heavy (non-hydrogen) atoms. The molecule has 2 aromatic carbocycles. The van der Waals surface area contributed by atoms with E-state index in [0.717, 1.165) is 10.4 Å². The maximum atomic E-state index is 13.4. The minimum absolute atomic E-state index is 0.0138. The third kappa shape index (κ3) is 4.78. The van der Waals surface area contributed by atoms with Crippen LogP contribution in [0, 0.1) is 11.6 Å². The van der Waals surface area contributed by atoms with Gasteiger partial charge in [-0.25, -0.2) is 17.2 Å². The Balaban J connectivity index is 1.68. The van der Waals surface area contributed by atoms with E-state index in [1.165, 1.54) is 29.2 Å². The summed E-state index contributed by atoms with van der Waals surface area (Å²) in [5.41, 5.74) is -1.06. The Morgan fingerprint density at radius 2 is 1.53 bits per heavy atom. The van der Waals surface area contributed by atoms with Crippen molar-refractivity contribution in [1.29, 1.82) is 0 Å². The highest BCUT2D eigenvalue weighted by Crippen LogP contribution is 2.33. The highest BCUT2D eigenvalue weighted by molar-refractivity contribution is 7.89. The molecule has 0 radical (unpaired) electrons. The molecule has 11 heteroatoms. The minimum atomic E-state index is -5.03. The summed E-state index contributed by atoms with van der Waals surface area (Å²) in [4.78, 5) is 13.1. The smallest absolute Gasteiger partial charge is 0.340 e. The molecule has 0 bridgehead atoms. The number of carbonyl (C=O) groups is 1. The van der Waals surface area contributed by atoms with Crippen LogP contribution in [0.1, 0.15) is 11.1 Å². The molecule has 1 heterocycles. The maximum Gasteiger partial charge on any atom is 0.419 e. The summed E-state index contributed by atoms with van der Waals surface area (Å²) >= 11 is 0. The SMILES string of the molecule is O=C(Cc1ccc(F)cc1)N1CCN(S(=O)(=O)c2ccc(F)c(C(F)(F)F)c2)CC1. The van der Waals surface area contributed by atoms with Gasteiger partial charge in [0.25, 0.3) is 0 Å². The van der Waals surface area contributed by atoms with Crippen molar-refractivity contribution in [3.05, 3.63) is 65.2 Å². The first kappa shape index (κ1) is 22.2. The van der Waals surface area contributed by atoms with E-state index in [4.69, 9.17) is 0 Å². The second-order valence-electron chi connectivity index (χ2n) is 6.73. The third-order valence-corrected chi connectivity index (χ3v) is 6.64. The van der Waals surface area contributed by atoms with Crippen molar-refractivity contribution in [2.75, 3.05) is 26.2 Å². The topological polar surface area (TPSA) is 57.7 Å². The second-order valence-corrected chi connectivity index (χ2v) is 8.67. The van der Waals surface area contributed by atoms with Crippen molar-refractivity contribution in [3.8, 4) is 0 Å². The predicted molar refractivity (Wildman–Crippen MR) is 96.8 cm³/mol. The lowest BCUT2D eigenvalue weighted by molar-refractivity contribution is -0.140. The van der Waals surface area contributed by atoms with E-state index in [1.54, 1.807) is 0 Å². The van der Waals surface area contributed by atoms with Crippen LogP contribution in [0.25, 0.3) is 0 Å². The highest BCUT2D eigenvalue weighted by Gasteiger charge is 2.37. The Morgan fingerprint density at radius 1 is 0.933 bits per heavy atom. The van der Waals surface area contributed by atoms with Crippen LogP contribution < -0.4 is 0 Å². The molecule has 0 N–H and O–H groups in total. The van der Waals surface area contributed by atoms with Crippen LogP contribution in [0.2, 0.25) is 0 Å². The average molecular weight is 448 g/mol. The second kappa shape index (κ2) is 8.31. The lowest BCUT2D eigenvalue weighted by Gasteiger charge is -2.34. The maximum absolute atomic E-state index is 13.4. The molecule has 162 valence electrons. The van der Waals surface area contributed by atoms with E-state index in [-0.39, 0.29) is 44.6 Å². The monoisotopic (exact) mass is 448 g/mol. The van der Waals surface area contributed by atoms with Crippen molar-refractivity contribution in [3.63, 3.8) is 0 Å². The fourth-order valence-electron chi connectivity index (χ4n) is 3.10. The predicted octanol–water partition coefficient (Wildman–Crippen LogP) is 3.06. The van der Waals surface area contributed by atoms with E-state index in [0.29, 0.717) is 11.6 Å². The number of carbonyl (C=O) groups excluding carboxylic acids is 1. The molecule has 0 unspecified atom stereocenters. The molecule has 0 saturated carbocycles. The standard InChI is InChI=1S/C19H17F5N2O3S/c20-14-3-1-13(2-4-14)11-18(27)25-7-9-26(10-8-25)30(28,29)15-5-6-17(21)16(12-15)19(22,23)24/h1-6,12H,7-11H2. The molecule has 0 aromatic heterocycles. The van der Waals surface area contributed by atoms with Gasteiger partial charge in [0, 0.05) is 26.2 Å². The van der Waals surface area contributed by atoms with Gasteiger partial charge in [0.05, 0.1) is 16.9 Å². The molecule has 0 spiro atoms. The van der Waals surface area contributed by atoms with Crippen molar-refractivity contribution >= 4 is 15.9 Å². The first-order valence-corrected chi connectivity index (χ1v) is 10.3. The molecule has 1 aliphatic heterocycles. The highest BCUT2D eigenvalue weighted by atomic mass is 32.2. The van der Waals surface area contributed by atoms with Gasteiger partial charge < -0.3 is 4.90 Å². The molecule has 0 aliphatic carbocycles. The molecule has 0 atom stereocenters. The van der Waals surface area contributed by atoms with E-state index in [1.807, 2.05) is 0 Å². The summed E-state index contributed by atoms with van der Waals surface area (Å²) in [6, 6.07) is 6.93. The summed E-state index contributed by atoms with van der Waals surface area (Å²) in [7, 11) is -4.29. The average Bonchev–Trinajstić information content (AvgIpc) is 2.69. The number of nitrogens with zero attached hydrogens (tertiary/aromatic N) is 2. The zero-order chi connectivity index (χ0) is 22.1. The van der Waals surface area contributed by atoms with Gasteiger partial charge in [-0.15, -0.1) is 0 Å². The van der Waals surface area contributed by atoms with Gasteiger partial charge in [0.15, 0.2) is 0 Å². The van der Waals surface area contributed by atoms with Gasteiger partial charge in [-0.1, -0.05) is 12.1 Å². The molecular weight excluding hydrogens is 431 g/mol. The zero-order valence-corrected chi connectivity index (χ0v) is 16.3. The number of piperazine rings is 1. The molecule has 1 fully saturated rings. The van der Waals surface area contributed by atoms with Gasteiger partial charge >= 0.3 is 6.18 Å². The van der Waals surface area contributed by atoms with Crippen molar-refractivity contribution in [2.24, 2.45) is 0 Å². The quantitative estimate of drug-likeness (QED) is 0.676. The Bertz CT molecular complexity index is 1030. The summed E-state index contributed by atoms with van der Waals surface area (Å²) in [5, 5.41) is 0. The first-order chi connectivity index (χ1) is 14.0. The number of hydrogen-bond donors (Lipinski definition) is 0. The van der Waals surface area contributed by atoms with Gasteiger partial charge in [0.1, 0.15) is 11.6 Å². The fraction of sp³-hybridized carbons (Fsp3) is 0.316. The van der Waals surface area contributed by atoms with E-state index in [9.17, 15) is 35.2 Å². The Labute approximate surface area is 169 Å². The van der Waals surface area contributed by atoms with Crippen LogP contribution in [0.5, 0.6) is 0 Å². The number of rotatable bonds is 4. The van der Waals surface area contributed by atoms with Crippen LogP contribution in [0.4, 0.5) is 22.0 Å². The van der Waals surface area contributed by atoms with Crippen molar-refractivity contribution in [1.82, 2.24) is 9.21 Å². The minimum Gasteiger partial charge on any atom is -0.340 e. The molecule has 1 saturated heterocycles. The van der Waals surface area contributed by atoms with Gasteiger partial charge in [-0.05, 0) is 35.9 Å². The molecular formula is C19H17F5N2O3S. The largest absolute Gasteiger partial charge is 0.419 e. The molecule has 3 rings (SSSR count). The van der Waals surface area contributed by atoms with Crippen LogP contribution in [0.15, 0.2) is 47.4 Å². The molecule has 1 aliphatic rings. The Hall–Kier alpha value is -2.53. The van der Waals surface area contributed by atoms with Gasteiger partial charge in [-0.2, -0.15) is 17.5 Å². The number of alkyl halides is 3. The lowest BCUT2D eigenvalue weighted by Crippen LogP contribution is -2.50. The van der Waals surface area contributed by atoms with Gasteiger partial charge in [0.2, 0.25) is 15.9 Å². The third-order valence-electron chi connectivity index (χ3n) is 4.74. The number of amides is 1. The number of sulfonamides is 1. The zero-order valence-electron chi connectivity index (χ0n) is 15.5. The van der Waals surface area contributed by atoms with Gasteiger partial charge in [-0.3, -0.25) is 4.79 Å². The van der Waals surface area contributed by atoms with E-state index < -0.39 is 38.3 Å².